The maximum absolute atomic E-state index is 11.7. The molecule has 4 N–H and O–H groups in total. The molecular formula is C16H22N4O. The molecule has 0 radical (unpaired) electrons. The Morgan fingerprint density at radius 2 is 2.14 bits per heavy atom. The van der Waals surface area contributed by atoms with Crippen molar-refractivity contribution in [3.63, 3.8) is 0 Å². The molecule has 0 aliphatic carbocycles. The van der Waals surface area contributed by atoms with Gasteiger partial charge in [0, 0.05) is 30.1 Å². The van der Waals surface area contributed by atoms with Crippen molar-refractivity contribution in [2.24, 2.45) is 0 Å². The van der Waals surface area contributed by atoms with Gasteiger partial charge >= 0.3 is 0 Å². The van der Waals surface area contributed by atoms with E-state index in [1.807, 2.05) is 37.3 Å². The quantitative estimate of drug-likeness (QED) is 0.713. The summed E-state index contributed by atoms with van der Waals surface area (Å²) in [5, 5.41) is 7.12. The van der Waals surface area contributed by atoms with Crippen LogP contribution in [0.25, 0.3) is 10.9 Å². The Kier molecular flexibility index (Phi) is 4.98. The van der Waals surface area contributed by atoms with Crippen LogP contribution in [0, 0.1) is 0 Å². The van der Waals surface area contributed by atoms with Gasteiger partial charge in [-0.2, -0.15) is 0 Å². The Morgan fingerprint density at radius 3 is 2.90 bits per heavy atom. The SMILES string of the molecule is CCC(C)NC(=O)CCNc1ccc2cc(N)ccc2n1. The first kappa shape index (κ1) is 15.1. The zero-order valence-electron chi connectivity index (χ0n) is 12.5. The van der Waals surface area contributed by atoms with E-state index in [0.717, 1.165) is 28.8 Å². The number of amides is 1. The molecule has 112 valence electrons. The summed E-state index contributed by atoms with van der Waals surface area (Å²) in [5.41, 5.74) is 7.35. The molecule has 1 aromatic carbocycles. The molecule has 2 aromatic rings. The lowest BCUT2D eigenvalue weighted by atomic mass is 10.2. The predicted molar refractivity (Wildman–Crippen MR) is 87.2 cm³/mol. The third kappa shape index (κ3) is 4.34. The van der Waals surface area contributed by atoms with Crippen LogP contribution in [0.5, 0.6) is 0 Å². The second kappa shape index (κ2) is 6.92. The fraction of sp³-hybridized carbons (Fsp3) is 0.375. The highest BCUT2D eigenvalue weighted by Gasteiger charge is 2.05. The molecule has 0 aliphatic heterocycles. The number of nitrogens with two attached hydrogens (primary N) is 1. The van der Waals surface area contributed by atoms with Crippen molar-refractivity contribution >= 4 is 28.3 Å². The molecular weight excluding hydrogens is 264 g/mol. The first-order chi connectivity index (χ1) is 10.1. The molecule has 1 atom stereocenters. The van der Waals surface area contributed by atoms with Crippen molar-refractivity contribution in [2.75, 3.05) is 17.6 Å². The number of carbonyl (C=O) groups excluding carboxylic acids is 1. The van der Waals surface area contributed by atoms with Gasteiger partial charge in [-0.25, -0.2) is 4.98 Å². The van der Waals surface area contributed by atoms with E-state index < -0.39 is 0 Å². The van der Waals surface area contributed by atoms with Crippen molar-refractivity contribution < 1.29 is 4.79 Å². The second-order valence-electron chi connectivity index (χ2n) is 5.20. The van der Waals surface area contributed by atoms with Crippen molar-refractivity contribution in [1.29, 1.82) is 0 Å². The summed E-state index contributed by atoms with van der Waals surface area (Å²) in [4.78, 5) is 16.2. The number of benzene rings is 1. The summed E-state index contributed by atoms with van der Waals surface area (Å²) in [6.45, 7) is 4.62. The average Bonchev–Trinajstić information content (AvgIpc) is 2.47. The van der Waals surface area contributed by atoms with Crippen LogP contribution < -0.4 is 16.4 Å². The number of anilines is 2. The minimum absolute atomic E-state index is 0.0606. The summed E-state index contributed by atoms with van der Waals surface area (Å²) in [6.07, 6.45) is 1.38. The van der Waals surface area contributed by atoms with Gasteiger partial charge in [0.2, 0.25) is 5.91 Å². The van der Waals surface area contributed by atoms with Gasteiger partial charge < -0.3 is 16.4 Å². The molecule has 0 aliphatic rings. The second-order valence-corrected chi connectivity index (χ2v) is 5.20. The minimum Gasteiger partial charge on any atom is -0.399 e. The van der Waals surface area contributed by atoms with Gasteiger partial charge in [0.05, 0.1) is 5.52 Å². The van der Waals surface area contributed by atoms with E-state index in [1.165, 1.54) is 0 Å². The molecule has 1 aromatic heterocycles. The van der Waals surface area contributed by atoms with E-state index in [4.69, 9.17) is 5.73 Å². The molecule has 0 saturated carbocycles. The van der Waals surface area contributed by atoms with E-state index in [1.54, 1.807) is 0 Å². The van der Waals surface area contributed by atoms with Crippen molar-refractivity contribution in [2.45, 2.75) is 32.7 Å². The number of aromatic nitrogens is 1. The van der Waals surface area contributed by atoms with Crippen molar-refractivity contribution in [3.05, 3.63) is 30.3 Å². The summed E-state index contributed by atoms with van der Waals surface area (Å²) in [6, 6.07) is 9.71. The summed E-state index contributed by atoms with van der Waals surface area (Å²) in [7, 11) is 0. The Labute approximate surface area is 124 Å². The molecule has 21 heavy (non-hydrogen) atoms. The maximum Gasteiger partial charge on any atom is 0.221 e. The highest BCUT2D eigenvalue weighted by atomic mass is 16.1. The topological polar surface area (TPSA) is 80.0 Å². The normalized spacial score (nSPS) is 12.1. The zero-order chi connectivity index (χ0) is 15.2. The highest BCUT2D eigenvalue weighted by Crippen LogP contribution is 2.17. The first-order valence-electron chi connectivity index (χ1n) is 7.28. The monoisotopic (exact) mass is 286 g/mol. The van der Waals surface area contributed by atoms with Gasteiger partial charge in [-0.05, 0) is 43.7 Å². The highest BCUT2D eigenvalue weighted by molar-refractivity contribution is 5.83. The first-order valence-corrected chi connectivity index (χ1v) is 7.28. The molecule has 0 fully saturated rings. The Bertz CT molecular complexity index is 627. The third-order valence-electron chi connectivity index (χ3n) is 3.39. The number of nitrogens with one attached hydrogen (secondary N) is 2. The largest absolute Gasteiger partial charge is 0.399 e. The molecule has 5 nitrogen and oxygen atoms in total. The van der Waals surface area contributed by atoms with Crippen LogP contribution in [0.4, 0.5) is 11.5 Å². The molecule has 0 saturated heterocycles. The number of nitrogen functional groups attached to an aromatic ring is 1. The van der Waals surface area contributed by atoms with Gasteiger partial charge in [-0.1, -0.05) is 6.92 Å². The van der Waals surface area contributed by atoms with Gasteiger partial charge in [0.15, 0.2) is 0 Å². The van der Waals surface area contributed by atoms with Gasteiger partial charge in [-0.3, -0.25) is 4.79 Å². The van der Waals surface area contributed by atoms with Crippen molar-refractivity contribution in [1.82, 2.24) is 10.3 Å². The van der Waals surface area contributed by atoms with Crippen LogP contribution in [-0.4, -0.2) is 23.5 Å². The average molecular weight is 286 g/mol. The van der Waals surface area contributed by atoms with Crippen LogP contribution >= 0.6 is 0 Å². The van der Waals surface area contributed by atoms with E-state index in [2.05, 4.69) is 22.5 Å². The summed E-state index contributed by atoms with van der Waals surface area (Å²) < 4.78 is 0. The van der Waals surface area contributed by atoms with E-state index >= 15 is 0 Å². The smallest absolute Gasteiger partial charge is 0.221 e. The fourth-order valence-electron chi connectivity index (χ4n) is 2.00. The van der Waals surface area contributed by atoms with E-state index in [-0.39, 0.29) is 11.9 Å². The van der Waals surface area contributed by atoms with Crippen LogP contribution in [0.3, 0.4) is 0 Å². The Hall–Kier alpha value is -2.30. The Morgan fingerprint density at radius 1 is 1.33 bits per heavy atom. The Balaban J connectivity index is 1.89. The van der Waals surface area contributed by atoms with Crippen LogP contribution in [0.1, 0.15) is 26.7 Å². The molecule has 5 heteroatoms. The van der Waals surface area contributed by atoms with E-state index in [0.29, 0.717) is 13.0 Å². The summed E-state index contributed by atoms with van der Waals surface area (Å²) >= 11 is 0. The standard InChI is InChI=1S/C16H22N4O/c1-3-11(2)19-16(21)8-9-18-15-7-4-12-10-13(17)5-6-14(12)20-15/h4-7,10-11H,3,8-9,17H2,1-2H3,(H,18,20)(H,19,21). The van der Waals surface area contributed by atoms with Crippen molar-refractivity contribution in [3.8, 4) is 0 Å². The van der Waals surface area contributed by atoms with Gasteiger partial charge in [-0.15, -0.1) is 0 Å². The molecule has 1 unspecified atom stereocenters. The molecule has 1 amide bonds. The number of nitrogens with zero attached hydrogens (tertiary/aromatic N) is 1. The number of carbonyl (C=O) groups is 1. The molecule has 0 bridgehead atoms. The fourth-order valence-corrected chi connectivity index (χ4v) is 2.00. The zero-order valence-corrected chi connectivity index (χ0v) is 12.5. The third-order valence-corrected chi connectivity index (χ3v) is 3.39. The maximum atomic E-state index is 11.7. The van der Waals surface area contributed by atoms with E-state index in [9.17, 15) is 4.79 Å². The van der Waals surface area contributed by atoms with Crippen LogP contribution in [0.15, 0.2) is 30.3 Å². The molecule has 2 rings (SSSR count). The van der Waals surface area contributed by atoms with Crippen LogP contribution in [-0.2, 0) is 4.79 Å². The van der Waals surface area contributed by atoms with Crippen LogP contribution in [0.2, 0.25) is 0 Å². The molecule has 1 heterocycles. The lowest BCUT2D eigenvalue weighted by molar-refractivity contribution is -0.121. The van der Waals surface area contributed by atoms with Gasteiger partial charge in [0.25, 0.3) is 0 Å². The minimum atomic E-state index is 0.0606. The lowest BCUT2D eigenvalue weighted by Gasteiger charge is -2.12. The van der Waals surface area contributed by atoms with Gasteiger partial charge in [0.1, 0.15) is 5.82 Å². The lowest BCUT2D eigenvalue weighted by Crippen LogP contribution is -2.32. The summed E-state index contributed by atoms with van der Waals surface area (Å²) in [5.74, 6) is 0.828. The number of hydrogen-bond donors (Lipinski definition) is 3. The number of hydrogen-bond acceptors (Lipinski definition) is 4. The predicted octanol–water partition coefficient (Wildman–Crippen LogP) is 2.53. The molecule has 0 spiro atoms. The number of rotatable bonds is 6. The number of fused-ring (bicyclic) bond motifs is 1. The number of pyridine rings is 1.